The van der Waals surface area contributed by atoms with E-state index in [1.165, 1.54) is 17.7 Å². The van der Waals surface area contributed by atoms with E-state index in [0.717, 1.165) is 24.2 Å². The van der Waals surface area contributed by atoms with E-state index in [4.69, 9.17) is 5.73 Å². The molecule has 1 atom stereocenters. The first-order chi connectivity index (χ1) is 13.9. The lowest BCUT2D eigenvalue weighted by Crippen LogP contribution is -2.41. The summed E-state index contributed by atoms with van der Waals surface area (Å²) in [6.45, 7) is 4.41. The van der Waals surface area contributed by atoms with Crippen LogP contribution >= 0.6 is 0 Å². The number of halogens is 1. The molecular formula is C22H29FN4O2. The van der Waals surface area contributed by atoms with Crippen molar-refractivity contribution in [2.24, 2.45) is 11.7 Å². The molecule has 156 valence electrons. The maximum atomic E-state index is 13.0. The van der Waals surface area contributed by atoms with Crippen molar-refractivity contribution < 1.29 is 14.0 Å². The average Bonchev–Trinajstić information content (AvgIpc) is 2.71. The van der Waals surface area contributed by atoms with Crippen molar-refractivity contribution in [3.05, 3.63) is 71.0 Å². The maximum Gasteiger partial charge on any atom is 0.315 e. The summed E-state index contributed by atoms with van der Waals surface area (Å²) in [5.74, 6) is -1.42. The summed E-state index contributed by atoms with van der Waals surface area (Å²) >= 11 is 0. The first kappa shape index (κ1) is 22.4. The molecule has 0 bridgehead atoms. The van der Waals surface area contributed by atoms with E-state index in [2.05, 4.69) is 41.6 Å². The number of rotatable bonds is 10. The smallest absolute Gasteiger partial charge is 0.315 e. The molecule has 0 aliphatic rings. The number of hydrogen-bond acceptors (Lipinski definition) is 3. The van der Waals surface area contributed by atoms with Gasteiger partial charge in [0.2, 0.25) is 5.91 Å². The quantitative estimate of drug-likeness (QED) is 0.572. The minimum atomic E-state index is -0.570. The van der Waals surface area contributed by atoms with Crippen LogP contribution in [0.2, 0.25) is 0 Å². The number of nitrogens with one attached hydrogen (secondary N) is 2. The standard InChI is InChI=1S/C22H29FN4O2/c1-3-27(2)15-18-6-4-5-17(11-18)13-25-22(29)26-14-19(21(24)28)12-16-7-9-20(23)10-8-16/h4-11,19H,3,12-15H2,1-2H3,(H2,24,28)(H2,25,26,29). The number of hydrogen-bond donors (Lipinski definition) is 3. The molecule has 4 N–H and O–H groups in total. The molecule has 0 heterocycles. The Kier molecular flexibility index (Phi) is 8.61. The van der Waals surface area contributed by atoms with Crippen LogP contribution < -0.4 is 16.4 Å². The lowest BCUT2D eigenvalue weighted by molar-refractivity contribution is -0.121. The van der Waals surface area contributed by atoms with Gasteiger partial charge in [-0.05, 0) is 48.8 Å². The second-order valence-corrected chi connectivity index (χ2v) is 7.14. The number of amides is 3. The highest BCUT2D eigenvalue weighted by Gasteiger charge is 2.17. The van der Waals surface area contributed by atoms with Crippen LogP contribution in [0.4, 0.5) is 9.18 Å². The van der Waals surface area contributed by atoms with Gasteiger partial charge in [0, 0.05) is 19.6 Å². The van der Waals surface area contributed by atoms with E-state index < -0.39 is 11.8 Å². The summed E-state index contributed by atoms with van der Waals surface area (Å²) in [6, 6.07) is 13.6. The van der Waals surface area contributed by atoms with Crippen molar-refractivity contribution in [3.63, 3.8) is 0 Å². The van der Waals surface area contributed by atoms with Crippen LogP contribution in [-0.2, 0) is 24.3 Å². The molecule has 0 saturated heterocycles. The molecule has 6 nitrogen and oxygen atoms in total. The summed E-state index contributed by atoms with van der Waals surface area (Å²) in [5.41, 5.74) is 8.41. The molecule has 2 aromatic carbocycles. The molecule has 2 aromatic rings. The first-order valence-electron chi connectivity index (χ1n) is 9.69. The van der Waals surface area contributed by atoms with Crippen molar-refractivity contribution in [2.75, 3.05) is 20.1 Å². The average molecular weight is 400 g/mol. The minimum Gasteiger partial charge on any atom is -0.369 e. The van der Waals surface area contributed by atoms with E-state index in [9.17, 15) is 14.0 Å². The number of nitrogens with zero attached hydrogens (tertiary/aromatic N) is 1. The molecule has 3 amide bonds. The number of nitrogens with two attached hydrogens (primary N) is 1. The predicted octanol–water partition coefficient (Wildman–Crippen LogP) is 2.42. The van der Waals surface area contributed by atoms with Crippen molar-refractivity contribution >= 4 is 11.9 Å². The van der Waals surface area contributed by atoms with Gasteiger partial charge in [-0.25, -0.2) is 9.18 Å². The molecule has 0 fully saturated rings. The van der Waals surface area contributed by atoms with Crippen LogP contribution in [-0.4, -0.2) is 37.0 Å². The summed E-state index contributed by atoms with van der Waals surface area (Å²) in [5, 5.41) is 5.48. The van der Waals surface area contributed by atoms with Crippen LogP contribution in [0.1, 0.15) is 23.6 Å². The normalized spacial score (nSPS) is 11.9. The topological polar surface area (TPSA) is 87.5 Å². The van der Waals surface area contributed by atoms with E-state index in [1.807, 2.05) is 12.1 Å². The zero-order valence-electron chi connectivity index (χ0n) is 17.0. The second-order valence-electron chi connectivity index (χ2n) is 7.14. The van der Waals surface area contributed by atoms with Gasteiger partial charge in [-0.15, -0.1) is 0 Å². The Balaban J connectivity index is 1.82. The van der Waals surface area contributed by atoms with Gasteiger partial charge in [-0.3, -0.25) is 4.79 Å². The van der Waals surface area contributed by atoms with Crippen molar-refractivity contribution in [3.8, 4) is 0 Å². The molecule has 0 aromatic heterocycles. The monoisotopic (exact) mass is 400 g/mol. The largest absolute Gasteiger partial charge is 0.369 e. The maximum absolute atomic E-state index is 13.0. The molecule has 0 aliphatic heterocycles. The highest BCUT2D eigenvalue weighted by Crippen LogP contribution is 2.10. The molecular weight excluding hydrogens is 371 g/mol. The summed E-state index contributed by atoms with van der Waals surface area (Å²) in [7, 11) is 2.06. The minimum absolute atomic E-state index is 0.111. The molecule has 0 spiro atoms. The Hall–Kier alpha value is -2.93. The van der Waals surface area contributed by atoms with Gasteiger partial charge in [0.05, 0.1) is 5.92 Å². The van der Waals surface area contributed by atoms with Crippen LogP contribution in [0, 0.1) is 11.7 Å². The lowest BCUT2D eigenvalue weighted by Gasteiger charge is -2.16. The molecule has 0 radical (unpaired) electrons. The molecule has 29 heavy (non-hydrogen) atoms. The Bertz CT molecular complexity index is 811. The Labute approximate surface area is 171 Å². The van der Waals surface area contributed by atoms with Crippen LogP contribution in [0.15, 0.2) is 48.5 Å². The second kappa shape index (κ2) is 11.2. The molecule has 2 rings (SSSR count). The van der Waals surface area contributed by atoms with Crippen LogP contribution in [0.25, 0.3) is 0 Å². The SMILES string of the molecule is CCN(C)Cc1cccc(CNC(=O)NCC(Cc2ccc(F)cc2)C(N)=O)c1. The van der Waals surface area contributed by atoms with Crippen molar-refractivity contribution in [1.82, 2.24) is 15.5 Å². The molecule has 0 aliphatic carbocycles. The fourth-order valence-electron chi connectivity index (χ4n) is 2.90. The molecule has 7 heteroatoms. The number of carbonyl (C=O) groups excluding carboxylic acids is 2. The number of carbonyl (C=O) groups is 2. The van der Waals surface area contributed by atoms with Crippen LogP contribution in [0.5, 0.6) is 0 Å². The van der Waals surface area contributed by atoms with E-state index in [1.54, 1.807) is 12.1 Å². The van der Waals surface area contributed by atoms with Gasteiger partial charge in [0.15, 0.2) is 0 Å². The highest BCUT2D eigenvalue weighted by molar-refractivity contribution is 5.79. The third kappa shape index (κ3) is 7.91. The van der Waals surface area contributed by atoms with Gasteiger partial charge in [0.25, 0.3) is 0 Å². The Morgan fingerprint density at radius 1 is 1.07 bits per heavy atom. The highest BCUT2D eigenvalue weighted by atomic mass is 19.1. The first-order valence-corrected chi connectivity index (χ1v) is 9.69. The van der Waals surface area contributed by atoms with Gasteiger partial charge >= 0.3 is 6.03 Å². The summed E-state index contributed by atoms with van der Waals surface area (Å²) in [6.07, 6.45) is 0.336. The third-order valence-electron chi connectivity index (χ3n) is 4.74. The molecule has 1 unspecified atom stereocenters. The van der Waals surface area contributed by atoms with Gasteiger partial charge in [-0.1, -0.05) is 43.3 Å². The van der Waals surface area contributed by atoms with Crippen LogP contribution in [0.3, 0.4) is 0 Å². The van der Waals surface area contributed by atoms with Crippen molar-refractivity contribution in [1.29, 1.82) is 0 Å². The fourth-order valence-corrected chi connectivity index (χ4v) is 2.90. The zero-order chi connectivity index (χ0) is 21.2. The number of primary amides is 1. The number of benzene rings is 2. The van der Waals surface area contributed by atoms with Gasteiger partial charge in [0.1, 0.15) is 5.82 Å². The Morgan fingerprint density at radius 2 is 1.76 bits per heavy atom. The Morgan fingerprint density at radius 3 is 2.41 bits per heavy atom. The van der Waals surface area contributed by atoms with Gasteiger partial charge in [-0.2, -0.15) is 0 Å². The third-order valence-corrected chi connectivity index (χ3v) is 4.74. The van der Waals surface area contributed by atoms with Crippen molar-refractivity contribution in [2.45, 2.75) is 26.4 Å². The fraction of sp³-hybridized carbons (Fsp3) is 0.364. The molecule has 0 saturated carbocycles. The van der Waals surface area contributed by atoms with Gasteiger partial charge < -0.3 is 21.3 Å². The predicted molar refractivity (Wildman–Crippen MR) is 111 cm³/mol. The van der Waals surface area contributed by atoms with E-state index >= 15 is 0 Å². The summed E-state index contributed by atoms with van der Waals surface area (Å²) in [4.78, 5) is 26.0. The number of urea groups is 1. The summed E-state index contributed by atoms with van der Waals surface area (Å²) < 4.78 is 13.0. The zero-order valence-corrected chi connectivity index (χ0v) is 17.0. The van der Waals surface area contributed by atoms with E-state index in [0.29, 0.717) is 13.0 Å². The van der Waals surface area contributed by atoms with E-state index in [-0.39, 0.29) is 18.4 Å². The lowest BCUT2D eigenvalue weighted by atomic mass is 9.98.